The molecule has 4 nitrogen and oxygen atoms in total. The Balaban J connectivity index is 2.64. The summed E-state index contributed by atoms with van der Waals surface area (Å²) in [5, 5.41) is 2.63. The summed E-state index contributed by atoms with van der Waals surface area (Å²) in [6.45, 7) is 2.61. The lowest BCUT2D eigenvalue weighted by Gasteiger charge is -2.12. The highest BCUT2D eigenvalue weighted by Crippen LogP contribution is 2.21. The number of hydrogen-bond donors (Lipinski definition) is 1. The molecule has 0 unspecified atom stereocenters. The number of carbonyl (C=O) groups is 1. The molecule has 0 aliphatic carbocycles. The summed E-state index contributed by atoms with van der Waals surface area (Å²) >= 11 is 0. The molecule has 0 aliphatic heterocycles. The molecule has 0 spiro atoms. The molecule has 0 radical (unpaired) electrons. The normalized spacial score (nSPS) is 10.3. The zero-order valence-electron chi connectivity index (χ0n) is 11.7. The van der Waals surface area contributed by atoms with E-state index < -0.39 is 0 Å². The Labute approximate surface area is 118 Å². The first-order valence-corrected chi connectivity index (χ1v) is 6.69. The van der Waals surface area contributed by atoms with Gasteiger partial charge in [-0.25, -0.2) is 0 Å². The van der Waals surface area contributed by atoms with E-state index >= 15 is 0 Å². The molecule has 4 heteroatoms. The molecule has 2 rings (SSSR count). The van der Waals surface area contributed by atoms with E-state index in [4.69, 9.17) is 0 Å². The van der Waals surface area contributed by atoms with E-state index in [0.717, 1.165) is 12.0 Å². The molecule has 0 saturated carbocycles. The molecule has 0 saturated heterocycles. The molecule has 20 heavy (non-hydrogen) atoms. The van der Waals surface area contributed by atoms with Crippen molar-refractivity contribution in [3.63, 3.8) is 0 Å². The van der Waals surface area contributed by atoms with Crippen molar-refractivity contribution in [3.8, 4) is 11.1 Å². The minimum Gasteiger partial charge on any atom is -0.355 e. The second kappa shape index (κ2) is 6.19. The predicted molar refractivity (Wildman–Crippen MR) is 79.8 cm³/mol. The molecule has 2 aromatic rings. The summed E-state index contributed by atoms with van der Waals surface area (Å²) in [5.41, 5.74) is 1.97. The van der Waals surface area contributed by atoms with Gasteiger partial charge in [0.15, 0.2) is 0 Å². The molecule has 104 valence electrons. The first-order chi connectivity index (χ1) is 9.67. The monoisotopic (exact) mass is 270 g/mol. The summed E-state index contributed by atoms with van der Waals surface area (Å²) in [4.78, 5) is 24.1. The number of pyridine rings is 1. The number of aromatic nitrogens is 1. The molecule has 1 aromatic carbocycles. The Bertz CT molecular complexity index is 660. The van der Waals surface area contributed by atoms with E-state index in [1.54, 1.807) is 17.8 Å². The molecule has 0 bridgehead atoms. The first-order valence-electron chi connectivity index (χ1n) is 6.69. The summed E-state index contributed by atoms with van der Waals surface area (Å²) in [6, 6.07) is 11.0. The Hall–Kier alpha value is -2.36. The molecule has 1 N–H and O–H groups in total. The fraction of sp³-hybridized carbons (Fsp3) is 0.250. The van der Waals surface area contributed by atoms with Gasteiger partial charge in [-0.15, -0.1) is 0 Å². The minimum atomic E-state index is -0.186. The SMILES string of the molecule is CCCn1cc(C(=O)NC)c(-c2ccccc2)cc1=O. The van der Waals surface area contributed by atoms with Crippen LogP contribution in [-0.2, 0) is 6.54 Å². The van der Waals surface area contributed by atoms with Gasteiger partial charge in [-0.2, -0.15) is 0 Å². The van der Waals surface area contributed by atoms with Crippen molar-refractivity contribution in [3.05, 3.63) is 58.5 Å². The van der Waals surface area contributed by atoms with Crippen molar-refractivity contribution in [2.45, 2.75) is 19.9 Å². The molecule has 0 atom stereocenters. The summed E-state index contributed by atoms with van der Waals surface area (Å²) < 4.78 is 1.58. The van der Waals surface area contributed by atoms with Crippen LogP contribution in [0.15, 0.2) is 47.4 Å². The van der Waals surface area contributed by atoms with Crippen LogP contribution in [0.2, 0.25) is 0 Å². The third-order valence-electron chi connectivity index (χ3n) is 3.15. The molecular weight excluding hydrogens is 252 g/mol. The summed E-state index contributed by atoms with van der Waals surface area (Å²) in [7, 11) is 1.59. The quantitative estimate of drug-likeness (QED) is 0.926. The van der Waals surface area contributed by atoms with Gasteiger partial charge in [-0.05, 0) is 12.0 Å². The number of carbonyl (C=O) groups excluding carboxylic acids is 1. The number of benzene rings is 1. The van der Waals surface area contributed by atoms with Crippen molar-refractivity contribution < 1.29 is 4.79 Å². The van der Waals surface area contributed by atoms with Gasteiger partial charge >= 0.3 is 0 Å². The zero-order chi connectivity index (χ0) is 14.5. The number of nitrogens with zero attached hydrogens (tertiary/aromatic N) is 1. The molecule has 0 fully saturated rings. The van der Waals surface area contributed by atoms with Crippen LogP contribution in [-0.4, -0.2) is 17.5 Å². The maximum atomic E-state index is 12.1. The van der Waals surface area contributed by atoms with E-state index in [0.29, 0.717) is 17.7 Å². The van der Waals surface area contributed by atoms with E-state index in [1.165, 1.54) is 6.07 Å². The lowest BCUT2D eigenvalue weighted by atomic mass is 10.0. The van der Waals surface area contributed by atoms with Crippen LogP contribution in [0.3, 0.4) is 0 Å². The highest BCUT2D eigenvalue weighted by atomic mass is 16.1. The maximum absolute atomic E-state index is 12.1. The first kappa shape index (κ1) is 14.1. The lowest BCUT2D eigenvalue weighted by molar-refractivity contribution is 0.0963. The van der Waals surface area contributed by atoms with Gasteiger partial charge in [-0.3, -0.25) is 9.59 Å². The summed E-state index contributed by atoms with van der Waals surface area (Å²) in [5.74, 6) is -0.186. The van der Waals surface area contributed by atoms with Crippen LogP contribution >= 0.6 is 0 Å². The van der Waals surface area contributed by atoms with Crippen molar-refractivity contribution in [2.75, 3.05) is 7.05 Å². The molecule has 0 aliphatic rings. The van der Waals surface area contributed by atoms with Crippen LogP contribution in [0.5, 0.6) is 0 Å². The van der Waals surface area contributed by atoms with Crippen molar-refractivity contribution in [1.29, 1.82) is 0 Å². The van der Waals surface area contributed by atoms with Crippen molar-refractivity contribution in [2.24, 2.45) is 0 Å². The number of amides is 1. The number of rotatable bonds is 4. The molecule has 1 amide bonds. The fourth-order valence-electron chi connectivity index (χ4n) is 2.16. The number of hydrogen-bond acceptors (Lipinski definition) is 2. The highest BCUT2D eigenvalue weighted by molar-refractivity contribution is 6.00. The molecular formula is C16H18N2O2. The van der Waals surface area contributed by atoms with Gasteiger partial charge in [-0.1, -0.05) is 37.3 Å². The van der Waals surface area contributed by atoms with Gasteiger partial charge < -0.3 is 9.88 Å². The number of aryl methyl sites for hydroxylation is 1. The Morgan fingerprint density at radius 2 is 1.95 bits per heavy atom. The second-order valence-electron chi connectivity index (χ2n) is 4.58. The van der Waals surface area contributed by atoms with Crippen LogP contribution in [0.4, 0.5) is 0 Å². The predicted octanol–water partition coefficient (Wildman–Crippen LogP) is 2.28. The van der Waals surface area contributed by atoms with E-state index in [1.807, 2.05) is 37.3 Å². The Morgan fingerprint density at radius 3 is 2.55 bits per heavy atom. The third kappa shape index (κ3) is 2.79. The Morgan fingerprint density at radius 1 is 1.25 bits per heavy atom. The smallest absolute Gasteiger partial charge is 0.253 e. The highest BCUT2D eigenvalue weighted by Gasteiger charge is 2.14. The van der Waals surface area contributed by atoms with Crippen LogP contribution in [0, 0.1) is 0 Å². The van der Waals surface area contributed by atoms with Gasteiger partial charge in [0.05, 0.1) is 5.56 Å². The zero-order valence-corrected chi connectivity index (χ0v) is 11.7. The summed E-state index contributed by atoms with van der Waals surface area (Å²) in [6.07, 6.45) is 2.49. The maximum Gasteiger partial charge on any atom is 0.253 e. The van der Waals surface area contributed by atoms with Gasteiger partial charge in [0.25, 0.3) is 11.5 Å². The van der Waals surface area contributed by atoms with Crippen molar-refractivity contribution in [1.82, 2.24) is 9.88 Å². The number of nitrogens with one attached hydrogen (secondary N) is 1. The molecule has 1 heterocycles. The van der Waals surface area contributed by atoms with Crippen LogP contribution in [0.1, 0.15) is 23.7 Å². The van der Waals surface area contributed by atoms with Gasteiger partial charge in [0, 0.05) is 31.4 Å². The Kier molecular flexibility index (Phi) is 4.35. The standard InChI is InChI=1S/C16H18N2O2/c1-3-9-18-11-14(16(20)17-2)13(10-15(18)19)12-7-5-4-6-8-12/h4-8,10-11H,3,9H2,1-2H3,(H,17,20). The third-order valence-corrected chi connectivity index (χ3v) is 3.15. The van der Waals surface area contributed by atoms with Crippen LogP contribution in [0.25, 0.3) is 11.1 Å². The van der Waals surface area contributed by atoms with Gasteiger partial charge in [0.1, 0.15) is 0 Å². The van der Waals surface area contributed by atoms with E-state index in [2.05, 4.69) is 5.32 Å². The minimum absolute atomic E-state index is 0.0849. The largest absolute Gasteiger partial charge is 0.355 e. The van der Waals surface area contributed by atoms with Crippen LogP contribution < -0.4 is 10.9 Å². The second-order valence-corrected chi connectivity index (χ2v) is 4.58. The topological polar surface area (TPSA) is 51.1 Å². The lowest BCUT2D eigenvalue weighted by Crippen LogP contribution is -2.25. The fourth-order valence-corrected chi connectivity index (χ4v) is 2.16. The average Bonchev–Trinajstić information content (AvgIpc) is 2.49. The van der Waals surface area contributed by atoms with Crippen molar-refractivity contribution >= 4 is 5.91 Å². The van der Waals surface area contributed by atoms with E-state index in [-0.39, 0.29) is 11.5 Å². The average molecular weight is 270 g/mol. The molecule has 1 aromatic heterocycles. The van der Waals surface area contributed by atoms with E-state index in [9.17, 15) is 9.59 Å². The van der Waals surface area contributed by atoms with Gasteiger partial charge in [0.2, 0.25) is 0 Å².